The van der Waals surface area contributed by atoms with Crippen molar-refractivity contribution >= 4 is 44.2 Å². The van der Waals surface area contributed by atoms with Gasteiger partial charge in [0.05, 0.1) is 4.90 Å². The van der Waals surface area contributed by atoms with E-state index in [-0.39, 0.29) is 10.5 Å². The number of rotatable bonds is 4. The Morgan fingerprint density at radius 3 is 2.32 bits per heavy atom. The molecule has 1 aliphatic rings. The van der Waals surface area contributed by atoms with E-state index in [0.717, 1.165) is 12.8 Å². The second-order valence-electron chi connectivity index (χ2n) is 5.72. The molecule has 1 amide bonds. The molecule has 5 nitrogen and oxygen atoms in total. The van der Waals surface area contributed by atoms with Crippen LogP contribution < -0.4 is 5.32 Å². The summed E-state index contributed by atoms with van der Waals surface area (Å²) in [6, 6.07) is 10.2. The smallest absolute Gasteiger partial charge is 0.255 e. The number of nitrogens with zero attached hydrogens (tertiary/aromatic N) is 1. The van der Waals surface area contributed by atoms with Crippen LogP contribution in [0.25, 0.3) is 0 Å². The molecule has 1 aliphatic heterocycles. The average molecular weight is 474 g/mol. The number of carbonyl (C=O) groups excluding carboxylic acids is 1. The first-order chi connectivity index (χ1) is 11.9. The average Bonchev–Trinajstić information content (AvgIpc) is 3.13. The highest BCUT2D eigenvalue weighted by Gasteiger charge is 2.26. The van der Waals surface area contributed by atoms with Gasteiger partial charge >= 0.3 is 0 Å². The van der Waals surface area contributed by atoms with Crippen molar-refractivity contribution in [2.45, 2.75) is 17.7 Å². The number of halogens is 2. The van der Waals surface area contributed by atoms with E-state index in [2.05, 4.69) is 5.32 Å². The van der Waals surface area contributed by atoms with E-state index < -0.39 is 21.7 Å². The quantitative estimate of drug-likeness (QED) is 0.691. The molecule has 0 saturated carbocycles. The van der Waals surface area contributed by atoms with Crippen LogP contribution in [0.1, 0.15) is 23.2 Å². The SMILES string of the molecule is O=C(Nc1ccc(S(=O)(=O)N2CCCC2)cc1)c1ccc(I)c(F)c1. The Kier molecular flexibility index (Phi) is 5.40. The van der Waals surface area contributed by atoms with Crippen molar-refractivity contribution in [3.05, 3.63) is 57.4 Å². The third-order valence-corrected chi connectivity index (χ3v) is 6.78. The second kappa shape index (κ2) is 7.38. The molecule has 8 heteroatoms. The van der Waals surface area contributed by atoms with Gasteiger partial charge in [0.1, 0.15) is 5.82 Å². The zero-order valence-corrected chi connectivity index (χ0v) is 16.2. The maximum absolute atomic E-state index is 13.6. The van der Waals surface area contributed by atoms with Crippen molar-refractivity contribution in [1.29, 1.82) is 0 Å². The van der Waals surface area contributed by atoms with Crippen molar-refractivity contribution in [3.63, 3.8) is 0 Å². The zero-order valence-electron chi connectivity index (χ0n) is 13.2. The number of hydrogen-bond acceptors (Lipinski definition) is 3. The minimum absolute atomic E-state index is 0.201. The summed E-state index contributed by atoms with van der Waals surface area (Å²) >= 11 is 1.85. The van der Waals surface area contributed by atoms with Gasteiger partial charge in [-0.25, -0.2) is 12.8 Å². The number of benzene rings is 2. The molecular weight excluding hydrogens is 458 g/mol. The van der Waals surface area contributed by atoms with Crippen molar-refractivity contribution in [2.75, 3.05) is 18.4 Å². The molecule has 0 radical (unpaired) electrons. The molecule has 2 aromatic rings. The lowest BCUT2D eigenvalue weighted by molar-refractivity contribution is 0.102. The van der Waals surface area contributed by atoms with E-state index in [1.807, 2.05) is 22.6 Å². The molecule has 2 aromatic carbocycles. The Morgan fingerprint density at radius 2 is 1.72 bits per heavy atom. The predicted molar refractivity (Wildman–Crippen MR) is 102 cm³/mol. The standard InChI is InChI=1S/C17H16FIN2O3S/c18-15-11-12(3-8-16(15)19)17(22)20-13-4-6-14(7-5-13)25(23,24)21-9-1-2-10-21/h3-8,11H,1-2,9-10H2,(H,20,22). The first-order valence-electron chi connectivity index (χ1n) is 7.74. The molecule has 0 aliphatic carbocycles. The van der Waals surface area contributed by atoms with Crippen LogP contribution in [0.4, 0.5) is 10.1 Å². The number of hydrogen-bond donors (Lipinski definition) is 1. The van der Waals surface area contributed by atoms with Crippen LogP contribution in [0.3, 0.4) is 0 Å². The summed E-state index contributed by atoms with van der Waals surface area (Å²) in [6.45, 7) is 1.08. The summed E-state index contributed by atoms with van der Waals surface area (Å²) in [6.07, 6.45) is 1.75. The normalized spacial score (nSPS) is 15.3. The van der Waals surface area contributed by atoms with Gasteiger partial charge in [0, 0.05) is 27.9 Å². The molecule has 0 bridgehead atoms. The maximum Gasteiger partial charge on any atom is 0.255 e. The highest BCUT2D eigenvalue weighted by Crippen LogP contribution is 2.22. The largest absolute Gasteiger partial charge is 0.322 e. The maximum atomic E-state index is 13.6. The third-order valence-electron chi connectivity index (χ3n) is 4.00. The molecule has 1 fully saturated rings. The Hall–Kier alpha value is -1.52. The summed E-state index contributed by atoms with van der Waals surface area (Å²) in [4.78, 5) is 12.4. The molecule has 132 valence electrons. The van der Waals surface area contributed by atoms with Crippen LogP contribution in [0.15, 0.2) is 47.4 Å². The lowest BCUT2D eigenvalue weighted by Crippen LogP contribution is -2.27. The van der Waals surface area contributed by atoms with Gasteiger partial charge < -0.3 is 5.32 Å². The Labute approximate surface area is 159 Å². The first-order valence-corrected chi connectivity index (χ1v) is 10.3. The molecule has 0 aromatic heterocycles. The second-order valence-corrected chi connectivity index (χ2v) is 8.82. The van der Waals surface area contributed by atoms with Gasteiger partial charge in [-0.1, -0.05) is 0 Å². The first kappa shape index (κ1) is 18.3. The molecular formula is C17H16FIN2O3S. The van der Waals surface area contributed by atoms with Gasteiger partial charge in [-0.2, -0.15) is 4.31 Å². The summed E-state index contributed by atoms with van der Waals surface area (Å²) in [5.74, 6) is -0.911. The number of amides is 1. The zero-order chi connectivity index (χ0) is 18.0. The monoisotopic (exact) mass is 474 g/mol. The van der Waals surface area contributed by atoms with Gasteiger partial charge in [0.25, 0.3) is 5.91 Å². The summed E-state index contributed by atoms with van der Waals surface area (Å²) < 4.78 is 40.4. The molecule has 1 heterocycles. The molecule has 0 spiro atoms. The molecule has 3 rings (SSSR count). The lowest BCUT2D eigenvalue weighted by Gasteiger charge is -2.15. The fourth-order valence-corrected chi connectivity index (χ4v) is 4.48. The van der Waals surface area contributed by atoms with Crippen LogP contribution >= 0.6 is 22.6 Å². The molecule has 25 heavy (non-hydrogen) atoms. The predicted octanol–water partition coefficient (Wildman–Crippen LogP) is 3.47. The van der Waals surface area contributed by atoms with Crippen LogP contribution in [0.5, 0.6) is 0 Å². The molecule has 1 N–H and O–H groups in total. The highest BCUT2D eigenvalue weighted by molar-refractivity contribution is 14.1. The molecule has 0 unspecified atom stereocenters. The van der Waals surface area contributed by atoms with Gasteiger partial charge in [0.15, 0.2) is 0 Å². The van der Waals surface area contributed by atoms with Gasteiger partial charge in [0.2, 0.25) is 10.0 Å². The van der Waals surface area contributed by atoms with Crippen molar-refractivity contribution < 1.29 is 17.6 Å². The van der Waals surface area contributed by atoms with E-state index in [1.165, 1.54) is 46.8 Å². The Balaban J connectivity index is 1.74. The fraction of sp³-hybridized carbons (Fsp3) is 0.235. The van der Waals surface area contributed by atoms with Crippen molar-refractivity contribution in [3.8, 4) is 0 Å². The molecule has 1 saturated heterocycles. The number of carbonyl (C=O) groups is 1. The summed E-state index contributed by atoms with van der Waals surface area (Å²) in [5.41, 5.74) is 0.649. The van der Waals surface area contributed by atoms with E-state index in [9.17, 15) is 17.6 Å². The van der Waals surface area contributed by atoms with E-state index in [0.29, 0.717) is 22.3 Å². The van der Waals surface area contributed by atoms with Crippen LogP contribution in [0.2, 0.25) is 0 Å². The Bertz CT molecular complexity index is 895. The van der Waals surface area contributed by atoms with Crippen molar-refractivity contribution in [1.82, 2.24) is 4.31 Å². The van der Waals surface area contributed by atoms with Gasteiger partial charge in [-0.15, -0.1) is 0 Å². The van der Waals surface area contributed by atoms with E-state index >= 15 is 0 Å². The summed E-state index contributed by atoms with van der Waals surface area (Å²) in [7, 11) is -3.48. The minimum atomic E-state index is -3.48. The third kappa shape index (κ3) is 4.01. The molecule has 0 atom stereocenters. The topological polar surface area (TPSA) is 66.5 Å². The van der Waals surface area contributed by atoms with E-state index in [4.69, 9.17) is 0 Å². The van der Waals surface area contributed by atoms with Gasteiger partial charge in [-0.3, -0.25) is 4.79 Å². The number of anilines is 1. The highest BCUT2D eigenvalue weighted by atomic mass is 127. The van der Waals surface area contributed by atoms with Gasteiger partial charge in [-0.05, 0) is 77.9 Å². The summed E-state index contributed by atoms with van der Waals surface area (Å²) in [5, 5.41) is 2.64. The van der Waals surface area contributed by atoms with Crippen LogP contribution in [-0.2, 0) is 10.0 Å². The van der Waals surface area contributed by atoms with Crippen LogP contribution in [-0.4, -0.2) is 31.7 Å². The van der Waals surface area contributed by atoms with Crippen LogP contribution in [0, 0.1) is 9.39 Å². The Morgan fingerprint density at radius 1 is 1.08 bits per heavy atom. The number of sulfonamides is 1. The van der Waals surface area contributed by atoms with E-state index in [1.54, 1.807) is 0 Å². The van der Waals surface area contributed by atoms with Crippen molar-refractivity contribution in [2.24, 2.45) is 0 Å². The fourth-order valence-electron chi connectivity index (χ4n) is 2.63. The number of nitrogens with one attached hydrogen (secondary N) is 1. The minimum Gasteiger partial charge on any atom is -0.322 e. The lowest BCUT2D eigenvalue weighted by atomic mass is 10.2.